The molecule has 104 valence electrons. The van der Waals surface area contributed by atoms with Crippen LogP contribution in [0.4, 0.5) is 0 Å². The molecule has 3 heteroatoms. The first kappa shape index (κ1) is 13.9. The minimum absolute atomic E-state index is 0.366. The lowest BCUT2D eigenvalue weighted by atomic mass is 9.78. The van der Waals surface area contributed by atoms with Gasteiger partial charge in [-0.05, 0) is 62.9 Å². The molecule has 0 spiro atoms. The number of nitrogens with zero attached hydrogens (tertiary/aromatic N) is 1. The third-order valence-electron chi connectivity index (χ3n) is 4.97. The minimum atomic E-state index is -0.631. The van der Waals surface area contributed by atoms with Gasteiger partial charge in [-0.3, -0.25) is 4.79 Å². The fourth-order valence-corrected chi connectivity index (χ4v) is 3.93. The Morgan fingerprint density at radius 3 is 2.39 bits per heavy atom. The van der Waals surface area contributed by atoms with Crippen LogP contribution in [0.3, 0.4) is 0 Å². The van der Waals surface area contributed by atoms with Crippen molar-refractivity contribution in [2.24, 2.45) is 17.8 Å². The van der Waals surface area contributed by atoms with Gasteiger partial charge in [0.25, 0.3) is 0 Å². The average molecular weight is 253 g/mol. The molecule has 1 heterocycles. The molecular formula is C15H27NO2. The van der Waals surface area contributed by atoms with E-state index in [-0.39, 0.29) is 0 Å². The summed E-state index contributed by atoms with van der Waals surface area (Å²) in [4.78, 5) is 13.4. The van der Waals surface area contributed by atoms with Gasteiger partial charge in [-0.1, -0.05) is 13.8 Å². The van der Waals surface area contributed by atoms with E-state index < -0.39 is 5.97 Å². The SMILES string of the molecule is CC1CCC(N2CCC(CC(=O)O)CC2)C(C)C1. The maximum atomic E-state index is 10.7. The van der Waals surface area contributed by atoms with E-state index >= 15 is 0 Å². The maximum Gasteiger partial charge on any atom is 0.303 e. The van der Waals surface area contributed by atoms with Gasteiger partial charge in [-0.25, -0.2) is 0 Å². The van der Waals surface area contributed by atoms with Crippen LogP contribution in [0.5, 0.6) is 0 Å². The summed E-state index contributed by atoms with van der Waals surface area (Å²) in [5.41, 5.74) is 0. The Kier molecular flexibility index (Phi) is 4.66. The highest BCUT2D eigenvalue weighted by atomic mass is 16.4. The zero-order chi connectivity index (χ0) is 13.1. The molecule has 1 saturated heterocycles. The number of carboxylic acid groups (broad SMARTS) is 1. The van der Waals surface area contributed by atoms with Crippen LogP contribution in [-0.4, -0.2) is 35.1 Å². The molecule has 0 aromatic heterocycles. The number of likely N-dealkylation sites (tertiary alicyclic amines) is 1. The standard InChI is InChI=1S/C15H27NO2/c1-11-3-4-14(12(2)9-11)16-7-5-13(6-8-16)10-15(17)18/h11-14H,3-10H2,1-2H3,(H,17,18). The first-order chi connectivity index (χ1) is 8.56. The lowest BCUT2D eigenvalue weighted by Crippen LogP contribution is -2.46. The summed E-state index contributed by atoms with van der Waals surface area (Å²) in [6.07, 6.45) is 6.58. The topological polar surface area (TPSA) is 40.5 Å². The zero-order valence-electron chi connectivity index (χ0n) is 11.8. The largest absolute Gasteiger partial charge is 0.481 e. The highest BCUT2D eigenvalue weighted by Gasteiger charge is 2.32. The molecule has 3 unspecified atom stereocenters. The van der Waals surface area contributed by atoms with Crippen LogP contribution in [0.15, 0.2) is 0 Å². The first-order valence-corrected chi connectivity index (χ1v) is 7.52. The second-order valence-corrected chi connectivity index (χ2v) is 6.54. The second-order valence-electron chi connectivity index (χ2n) is 6.54. The molecule has 3 atom stereocenters. The molecular weight excluding hydrogens is 226 g/mol. The molecule has 1 saturated carbocycles. The van der Waals surface area contributed by atoms with E-state index in [0.717, 1.165) is 43.8 Å². The van der Waals surface area contributed by atoms with Gasteiger partial charge in [-0.15, -0.1) is 0 Å². The predicted molar refractivity (Wildman–Crippen MR) is 72.5 cm³/mol. The molecule has 1 aliphatic heterocycles. The van der Waals surface area contributed by atoms with Gasteiger partial charge in [-0.2, -0.15) is 0 Å². The number of hydrogen-bond acceptors (Lipinski definition) is 2. The third kappa shape index (κ3) is 3.47. The molecule has 1 aliphatic carbocycles. The van der Waals surface area contributed by atoms with Crippen molar-refractivity contribution in [3.05, 3.63) is 0 Å². The molecule has 0 radical (unpaired) electrons. The van der Waals surface area contributed by atoms with Gasteiger partial charge < -0.3 is 10.0 Å². The number of hydrogen-bond donors (Lipinski definition) is 1. The Morgan fingerprint density at radius 2 is 1.83 bits per heavy atom. The van der Waals surface area contributed by atoms with E-state index in [2.05, 4.69) is 18.7 Å². The molecule has 0 amide bonds. The summed E-state index contributed by atoms with van der Waals surface area (Å²) < 4.78 is 0. The Bertz CT molecular complexity index is 284. The first-order valence-electron chi connectivity index (χ1n) is 7.52. The summed E-state index contributed by atoms with van der Waals surface area (Å²) in [7, 11) is 0. The number of aliphatic carboxylic acids is 1. The molecule has 2 rings (SSSR count). The van der Waals surface area contributed by atoms with E-state index in [9.17, 15) is 4.79 Å². The third-order valence-corrected chi connectivity index (χ3v) is 4.97. The summed E-state index contributed by atoms with van der Waals surface area (Å²) in [6, 6.07) is 0.756. The number of carbonyl (C=O) groups is 1. The minimum Gasteiger partial charge on any atom is -0.481 e. The lowest BCUT2D eigenvalue weighted by molar-refractivity contribution is -0.138. The van der Waals surface area contributed by atoms with E-state index in [4.69, 9.17) is 5.11 Å². The van der Waals surface area contributed by atoms with Gasteiger partial charge in [0, 0.05) is 12.5 Å². The van der Waals surface area contributed by atoms with Crippen molar-refractivity contribution in [3.8, 4) is 0 Å². The Labute approximate surface area is 111 Å². The van der Waals surface area contributed by atoms with E-state index in [0.29, 0.717) is 12.3 Å². The number of rotatable bonds is 3. The lowest BCUT2D eigenvalue weighted by Gasteiger charge is -2.43. The van der Waals surface area contributed by atoms with Gasteiger partial charge in [0.2, 0.25) is 0 Å². The highest BCUT2D eigenvalue weighted by molar-refractivity contribution is 5.67. The van der Waals surface area contributed by atoms with Gasteiger partial charge in [0.1, 0.15) is 0 Å². The van der Waals surface area contributed by atoms with Crippen molar-refractivity contribution in [3.63, 3.8) is 0 Å². The van der Waals surface area contributed by atoms with E-state index in [1.807, 2.05) is 0 Å². The monoisotopic (exact) mass is 253 g/mol. The molecule has 0 aromatic carbocycles. The Hall–Kier alpha value is -0.570. The molecule has 0 bridgehead atoms. The van der Waals surface area contributed by atoms with Crippen LogP contribution in [0, 0.1) is 17.8 Å². The summed E-state index contributed by atoms with van der Waals surface area (Å²) in [6.45, 7) is 6.98. The van der Waals surface area contributed by atoms with E-state index in [1.165, 1.54) is 19.3 Å². The van der Waals surface area contributed by atoms with Crippen molar-refractivity contribution in [1.82, 2.24) is 4.90 Å². The van der Waals surface area contributed by atoms with Crippen LogP contribution in [-0.2, 0) is 4.79 Å². The number of carboxylic acids is 1. The van der Waals surface area contributed by atoms with Crippen molar-refractivity contribution < 1.29 is 9.90 Å². The summed E-state index contributed by atoms with van der Waals surface area (Å²) in [5, 5.41) is 8.84. The second kappa shape index (κ2) is 6.05. The Balaban J connectivity index is 1.80. The molecule has 18 heavy (non-hydrogen) atoms. The van der Waals surface area contributed by atoms with Gasteiger partial charge in [0.15, 0.2) is 0 Å². The molecule has 0 aromatic rings. The van der Waals surface area contributed by atoms with Crippen LogP contribution in [0.25, 0.3) is 0 Å². The number of piperidine rings is 1. The van der Waals surface area contributed by atoms with Crippen LogP contribution >= 0.6 is 0 Å². The quantitative estimate of drug-likeness (QED) is 0.840. The predicted octanol–water partition coefficient (Wildman–Crippen LogP) is 3.00. The maximum absolute atomic E-state index is 10.7. The van der Waals surface area contributed by atoms with Crippen molar-refractivity contribution in [1.29, 1.82) is 0 Å². The average Bonchev–Trinajstić information content (AvgIpc) is 2.30. The van der Waals surface area contributed by atoms with Crippen LogP contribution < -0.4 is 0 Å². The van der Waals surface area contributed by atoms with Gasteiger partial charge in [0.05, 0.1) is 0 Å². The van der Waals surface area contributed by atoms with Crippen molar-refractivity contribution in [2.45, 2.75) is 58.4 Å². The van der Waals surface area contributed by atoms with Crippen molar-refractivity contribution >= 4 is 5.97 Å². The van der Waals surface area contributed by atoms with Crippen LogP contribution in [0.1, 0.15) is 52.4 Å². The summed E-state index contributed by atoms with van der Waals surface area (Å²) >= 11 is 0. The molecule has 2 fully saturated rings. The van der Waals surface area contributed by atoms with Gasteiger partial charge >= 0.3 is 5.97 Å². The van der Waals surface area contributed by atoms with Crippen molar-refractivity contribution in [2.75, 3.05) is 13.1 Å². The molecule has 3 nitrogen and oxygen atoms in total. The van der Waals surface area contributed by atoms with Crippen LogP contribution in [0.2, 0.25) is 0 Å². The molecule has 2 aliphatic rings. The fourth-order valence-electron chi connectivity index (χ4n) is 3.93. The molecule has 1 N–H and O–H groups in total. The summed E-state index contributed by atoms with van der Waals surface area (Å²) in [5.74, 6) is 1.48. The Morgan fingerprint density at radius 1 is 1.17 bits per heavy atom. The zero-order valence-corrected chi connectivity index (χ0v) is 11.8. The fraction of sp³-hybridized carbons (Fsp3) is 0.933. The highest BCUT2D eigenvalue weighted by Crippen LogP contribution is 2.34. The van der Waals surface area contributed by atoms with E-state index in [1.54, 1.807) is 0 Å². The smallest absolute Gasteiger partial charge is 0.303 e. The normalized spacial score (nSPS) is 35.6.